The van der Waals surface area contributed by atoms with Crippen LogP contribution in [0, 0.1) is 0 Å². The van der Waals surface area contributed by atoms with Crippen LogP contribution in [0.5, 0.6) is 0 Å². The standard InChI is InChI=1S/C8H9BrN2.ClH/c9-8-3-1-2-7(11-8)6-4-5-10-6;/h1-3,6,10H,4-5H2;1H/t6-;/m1./s1. The summed E-state index contributed by atoms with van der Waals surface area (Å²) < 4.78 is 0.920. The summed E-state index contributed by atoms with van der Waals surface area (Å²) in [6.45, 7) is 1.12. The van der Waals surface area contributed by atoms with Gasteiger partial charge in [-0.05, 0) is 41.0 Å². The van der Waals surface area contributed by atoms with Crippen molar-refractivity contribution >= 4 is 28.3 Å². The van der Waals surface area contributed by atoms with Gasteiger partial charge in [-0.25, -0.2) is 4.98 Å². The first-order valence-electron chi connectivity index (χ1n) is 3.72. The zero-order valence-corrected chi connectivity index (χ0v) is 8.86. The van der Waals surface area contributed by atoms with E-state index in [1.54, 1.807) is 0 Å². The van der Waals surface area contributed by atoms with Crippen molar-refractivity contribution < 1.29 is 0 Å². The highest BCUT2D eigenvalue weighted by atomic mass is 79.9. The predicted octanol–water partition coefficient (Wildman–Crippen LogP) is 2.30. The van der Waals surface area contributed by atoms with Crippen molar-refractivity contribution in [1.82, 2.24) is 10.3 Å². The molecule has 1 fully saturated rings. The van der Waals surface area contributed by atoms with E-state index in [1.165, 1.54) is 6.42 Å². The molecule has 1 aliphatic rings. The Labute approximate surface area is 86.3 Å². The summed E-state index contributed by atoms with van der Waals surface area (Å²) in [4.78, 5) is 4.35. The molecule has 12 heavy (non-hydrogen) atoms. The van der Waals surface area contributed by atoms with Crippen LogP contribution >= 0.6 is 28.3 Å². The van der Waals surface area contributed by atoms with E-state index in [9.17, 15) is 0 Å². The van der Waals surface area contributed by atoms with Gasteiger partial charge < -0.3 is 5.32 Å². The first-order valence-corrected chi connectivity index (χ1v) is 4.51. The fourth-order valence-corrected chi connectivity index (χ4v) is 1.52. The number of halogens is 2. The molecule has 0 aliphatic carbocycles. The van der Waals surface area contributed by atoms with Crippen molar-refractivity contribution in [3.8, 4) is 0 Å². The van der Waals surface area contributed by atoms with Crippen LogP contribution in [0.25, 0.3) is 0 Å². The first kappa shape index (κ1) is 9.96. The highest BCUT2D eigenvalue weighted by Gasteiger charge is 2.19. The maximum atomic E-state index is 4.35. The van der Waals surface area contributed by atoms with Crippen LogP contribution in [0.2, 0.25) is 0 Å². The van der Waals surface area contributed by atoms with Gasteiger partial charge in [0.1, 0.15) is 4.60 Å². The Kier molecular flexibility index (Phi) is 3.50. The van der Waals surface area contributed by atoms with E-state index in [4.69, 9.17) is 0 Å². The van der Waals surface area contributed by atoms with Gasteiger partial charge in [0.25, 0.3) is 0 Å². The molecule has 0 spiro atoms. The molecule has 0 amide bonds. The Morgan fingerprint density at radius 3 is 2.75 bits per heavy atom. The monoisotopic (exact) mass is 248 g/mol. The summed E-state index contributed by atoms with van der Waals surface area (Å²) in [5, 5.41) is 3.31. The van der Waals surface area contributed by atoms with Crippen LogP contribution in [-0.2, 0) is 0 Å². The quantitative estimate of drug-likeness (QED) is 0.773. The van der Waals surface area contributed by atoms with Crippen LogP contribution in [0.15, 0.2) is 22.8 Å². The molecule has 2 nitrogen and oxygen atoms in total. The summed E-state index contributed by atoms with van der Waals surface area (Å²) in [6, 6.07) is 6.52. The smallest absolute Gasteiger partial charge is 0.106 e. The van der Waals surface area contributed by atoms with Crippen LogP contribution < -0.4 is 5.32 Å². The number of pyridine rings is 1. The third-order valence-corrected chi connectivity index (χ3v) is 2.36. The summed E-state index contributed by atoms with van der Waals surface area (Å²) in [5.74, 6) is 0. The van der Waals surface area contributed by atoms with Gasteiger partial charge in [-0.15, -0.1) is 12.4 Å². The molecule has 66 valence electrons. The second kappa shape index (κ2) is 4.21. The Morgan fingerprint density at radius 1 is 1.50 bits per heavy atom. The zero-order chi connectivity index (χ0) is 7.68. The molecular formula is C8H10BrClN2. The summed E-state index contributed by atoms with van der Waals surface area (Å²) in [7, 11) is 0. The highest BCUT2D eigenvalue weighted by molar-refractivity contribution is 9.10. The van der Waals surface area contributed by atoms with Crippen molar-refractivity contribution in [2.24, 2.45) is 0 Å². The number of nitrogens with zero attached hydrogens (tertiary/aromatic N) is 1. The lowest BCUT2D eigenvalue weighted by molar-refractivity contribution is 0.375. The van der Waals surface area contributed by atoms with Gasteiger partial charge in [0.05, 0.1) is 11.7 Å². The van der Waals surface area contributed by atoms with Gasteiger partial charge >= 0.3 is 0 Å². The molecule has 0 saturated carbocycles. The van der Waals surface area contributed by atoms with E-state index in [0.717, 1.165) is 16.8 Å². The van der Waals surface area contributed by atoms with Crippen molar-refractivity contribution in [2.75, 3.05) is 6.54 Å². The highest BCUT2D eigenvalue weighted by Crippen LogP contribution is 2.21. The average Bonchev–Trinajstić information content (AvgIpc) is 1.83. The molecule has 4 heteroatoms. The van der Waals surface area contributed by atoms with Gasteiger partial charge in [0.15, 0.2) is 0 Å². The van der Waals surface area contributed by atoms with E-state index >= 15 is 0 Å². The van der Waals surface area contributed by atoms with E-state index in [2.05, 4.69) is 32.3 Å². The zero-order valence-electron chi connectivity index (χ0n) is 6.46. The minimum atomic E-state index is 0. The van der Waals surface area contributed by atoms with Crippen molar-refractivity contribution in [2.45, 2.75) is 12.5 Å². The molecule has 2 rings (SSSR count). The molecule has 1 aliphatic heterocycles. The van der Waals surface area contributed by atoms with E-state index in [1.807, 2.05) is 12.1 Å². The Morgan fingerprint density at radius 2 is 2.25 bits per heavy atom. The Hall–Kier alpha value is -0.120. The normalized spacial score (nSPS) is 20.9. The molecule has 1 atom stereocenters. The molecule has 1 aromatic rings. The second-order valence-corrected chi connectivity index (χ2v) is 3.49. The molecule has 0 radical (unpaired) electrons. The predicted molar refractivity (Wildman–Crippen MR) is 54.5 cm³/mol. The maximum absolute atomic E-state index is 4.35. The van der Waals surface area contributed by atoms with Crippen molar-refractivity contribution in [1.29, 1.82) is 0 Å². The minimum absolute atomic E-state index is 0. The van der Waals surface area contributed by atoms with Crippen molar-refractivity contribution in [3.63, 3.8) is 0 Å². The molecule has 1 saturated heterocycles. The molecule has 1 aromatic heterocycles. The number of nitrogens with one attached hydrogen (secondary N) is 1. The molecule has 2 heterocycles. The number of hydrogen-bond donors (Lipinski definition) is 1. The minimum Gasteiger partial charge on any atom is -0.309 e. The van der Waals surface area contributed by atoms with E-state index < -0.39 is 0 Å². The maximum Gasteiger partial charge on any atom is 0.106 e. The van der Waals surface area contributed by atoms with Gasteiger partial charge in [-0.2, -0.15) is 0 Å². The fourth-order valence-electron chi connectivity index (χ4n) is 1.16. The van der Waals surface area contributed by atoms with Crippen LogP contribution in [-0.4, -0.2) is 11.5 Å². The summed E-state index contributed by atoms with van der Waals surface area (Å²) >= 11 is 3.34. The van der Waals surface area contributed by atoms with Gasteiger partial charge in [0.2, 0.25) is 0 Å². The Bertz CT molecular complexity index is 263. The molecule has 0 bridgehead atoms. The molecule has 0 unspecified atom stereocenters. The number of hydrogen-bond acceptors (Lipinski definition) is 2. The number of aromatic nitrogens is 1. The van der Waals surface area contributed by atoms with Crippen LogP contribution in [0.4, 0.5) is 0 Å². The molecule has 0 aromatic carbocycles. The van der Waals surface area contributed by atoms with Crippen molar-refractivity contribution in [3.05, 3.63) is 28.5 Å². The van der Waals surface area contributed by atoms with Crippen LogP contribution in [0.1, 0.15) is 18.2 Å². The topological polar surface area (TPSA) is 24.9 Å². The van der Waals surface area contributed by atoms with Gasteiger partial charge in [-0.3, -0.25) is 0 Å². The van der Waals surface area contributed by atoms with E-state index in [-0.39, 0.29) is 12.4 Å². The average molecular weight is 250 g/mol. The lowest BCUT2D eigenvalue weighted by atomic mass is 10.0. The second-order valence-electron chi connectivity index (χ2n) is 2.68. The SMILES string of the molecule is Brc1cccc([C@H]2CCN2)n1.Cl. The first-order chi connectivity index (χ1) is 5.36. The van der Waals surface area contributed by atoms with Gasteiger partial charge in [-0.1, -0.05) is 6.07 Å². The van der Waals surface area contributed by atoms with Crippen LogP contribution in [0.3, 0.4) is 0 Å². The fraction of sp³-hybridized carbons (Fsp3) is 0.375. The third kappa shape index (κ3) is 1.97. The van der Waals surface area contributed by atoms with E-state index in [0.29, 0.717) is 6.04 Å². The summed E-state index contributed by atoms with van der Waals surface area (Å²) in [6.07, 6.45) is 1.21. The molecule has 1 N–H and O–H groups in total. The Balaban J connectivity index is 0.000000720. The largest absolute Gasteiger partial charge is 0.309 e. The molecular weight excluding hydrogens is 239 g/mol. The third-order valence-electron chi connectivity index (χ3n) is 1.92. The lowest BCUT2D eigenvalue weighted by Crippen LogP contribution is -2.35. The lowest BCUT2D eigenvalue weighted by Gasteiger charge is -2.26. The number of rotatable bonds is 1. The summed E-state index contributed by atoms with van der Waals surface area (Å²) in [5.41, 5.74) is 1.14. The van der Waals surface area contributed by atoms with Gasteiger partial charge in [0, 0.05) is 0 Å².